The van der Waals surface area contributed by atoms with Gasteiger partial charge in [-0.2, -0.15) is 5.10 Å². The van der Waals surface area contributed by atoms with E-state index in [4.69, 9.17) is 10.5 Å². The largest absolute Gasteiger partial charge is 0.466 e. The van der Waals surface area contributed by atoms with Gasteiger partial charge in [0.1, 0.15) is 0 Å². The van der Waals surface area contributed by atoms with Gasteiger partial charge in [-0.1, -0.05) is 6.92 Å². The Balaban J connectivity index is 4.05. The van der Waals surface area contributed by atoms with Crippen LogP contribution in [0.2, 0.25) is 0 Å². The summed E-state index contributed by atoms with van der Waals surface area (Å²) in [5.74, 6) is -0.547. The van der Waals surface area contributed by atoms with E-state index >= 15 is 0 Å². The number of hydrogen-bond donors (Lipinski definition) is 2. The van der Waals surface area contributed by atoms with Crippen LogP contribution in [0.15, 0.2) is 5.10 Å². The molecule has 0 fully saturated rings. The van der Waals surface area contributed by atoms with Gasteiger partial charge in [-0.05, 0) is 13.8 Å². The lowest BCUT2D eigenvalue weighted by atomic mass is 10.1. The van der Waals surface area contributed by atoms with Crippen molar-refractivity contribution >= 4 is 17.7 Å². The van der Waals surface area contributed by atoms with Crippen molar-refractivity contribution in [2.45, 2.75) is 27.2 Å². The summed E-state index contributed by atoms with van der Waals surface area (Å²) in [6.07, 6.45) is 0.430. The minimum Gasteiger partial charge on any atom is -0.466 e. The van der Waals surface area contributed by atoms with Crippen molar-refractivity contribution in [3.8, 4) is 0 Å². The van der Waals surface area contributed by atoms with E-state index in [9.17, 15) is 9.59 Å². The maximum absolute atomic E-state index is 11.2. The molecule has 0 saturated carbocycles. The molecule has 6 heteroatoms. The molecule has 1 atom stereocenters. The van der Waals surface area contributed by atoms with E-state index in [1.54, 1.807) is 20.8 Å². The SMILES string of the molecule is CCOC(=O)[C@@H](C)C/C(C)=N/NC(N)=O. The van der Waals surface area contributed by atoms with Gasteiger partial charge in [-0.25, -0.2) is 10.2 Å². The van der Waals surface area contributed by atoms with E-state index in [0.717, 1.165) is 0 Å². The lowest BCUT2D eigenvalue weighted by Crippen LogP contribution is -2.26. The molecule has 0 heterocycles. The van der Waals surface area contributed by atoms with Crippen molar-refractivity contribution in [1.29, 1.82) is 0 Å². The topological polar surface area (TPSA) is 93.8 Å². The van der Waals surface area contributed by atoms with E-state index < -0.39 is 6.03 Å². The highest BCUT2D eigenvalue weighted by molar-refractivity contribution is 5.87. The first kappa shape index (κ1) is 13.4. The first-order valence-electron chi connectivity index (χ1n) is 4.72. The smallest absolute Gasteiger partial charge is 0.332 e. The molecular formula is C9H17N3O3. The minimum absolute atomic E-state index is 0.272. The molecule has 0 rings (SSSR count). The van der Waals surface area contributed by atoms with Gasteiger partial charge in [0, 0.05) is 12.1 Å². The number of nitrogens with one attached hydrogen (secondary N) is 1. The molecule has 0 aliphatic carbocycles. The molecule has 86 valence electrons. The van der Waals surface area contributed by atoms with Crippen molar-refractivity contribution in [3.05, 3.63) is 0 Å². The Hall–Kier alpha value is -1.59. The van der Waals surface area contributed by atoms with Gasteiger partial charge in [-0.3, -0.25) is 4.79 Å². The molecule has 6 nitrogen and oxygen atoms in total. The maximum Gasteiger partial charge on any atom is 0.332 e. The quantitative estimate of drug-likeness (QED) is 0.400. The van der Waals surface area contributed by atoms with Crippen molar-refractivity contribution < 1.29 is 14.3 Å². The van der Waals surface area contributed by atoms with Crippen LogP contribution in [0.4, 0.5) is 4.79 Å². The Labute approximate surface area is 88.9 Å². The molecule has 0 bridgehead atoms. The number of nitrogens with zero attached hydrogens (tertiary/aromatic N) is 1. The van der Waals surface area contributed by atoms with E-state index in [1.165, 1.54) is 0 Å². The van der Waals surface area contributed by atoms with Crippen LogP contribution in [0.25, 0.3) is 0 Å². The molecule has 0 saturated heterocycles. The maximum atomic E-state index is 11.2. The molecule has 2 amide bonds. The van der Waals surface area contributed by atoms with Crippen molar-refractivity contribution in [3.63, 3.8) is 0 Å². The first-order valence-corrected chi connectivity index (χ1v) is 4.72. The highest BCUT2D eigenvalue weighted by atomic mass is 16.5. The number of ether oxygens (including phenoxy) is 1. The summed E-state index contributed by atoms with van der Waals surface area (Å²) in [5, 5.41) is 3.69. The number of rotatable bonds is 5. The van der Waals surface area contributed by atoms with Crippen molar-refractivity contribution in [1.82, 2.24) is 5.43 Å². The normalized spacial score (nSPS) is 13.1. The van der Waals surface area contributed by atoms with Gasteiger partial charge in [0.15, 0.2) is 0 Å². The Morgan fingerprint density at radius 1 is 1.53 bits per heavy atom. The third-order valence-corrected chi connectivity index (χ3v) is 1.65. The molecule has 0 radical (unpaired) electrons. The fraction of sp³-hybridized carbons (Fsp3) is 0.667. The van der Waals surface area contributed by atoms with Crippen molar-refractivity contribution in [2.24, 2.45) is 16.8 Å². The number of hydrogen-bond acceptors (Lipinski definition) is 4. The van der Waals surface area contributed by atoms with E-state index in [0.29, 0.717) is 18.7 Å². The fourth-order valence-electron chi connectivity index (χ4n) is 1.01. The Morgan fingerprint density at radius 3 is 2.60 bits per heavy atom. The standard InChI is InChI=1S/C9H17N3O3/c1-4-15-8(13)6(2)5-7(3)11-12-9(10)14/h6H,4-5H2,1-3H3,(H3,10,12,14)/b11-7+/t6-/m0/s1. The number of hydrazone groups is 1. The number of esters is 1. The summed E-state index contributed by atoms with van der Waals surface area (Å²) in [6, 6.07) is -0.724. The monoisotopic (exact) mass is 215 g/mol. The van der Waals surface area contributed by atoms with Crippen LogP contribution in [0.5, 0.6) is 0 Å². The number of amides is 2. The van der Waals surface area contributed by atoms with E-state index in [1.807, 2.05) is 0 Å². The highest BCUT2D eigenvalue weighted by Crippen LogP contribution is 2.05. The van der Waals surface area contributed by atoms with Crippen LogP contribution in [0.3, 0.4) is 0 Å². The lowest BCUT2D eigenvalue weighted by molar-refractivity contribution is -0.147. The fourth-order valence-corrected chi connectivity index (χ4v) is 1.01. The number of urea groups is 1. The van der Waals surface area contributed by atoms with Crippen LogP contribution >= 0.6 is 0 Å². The van der Waals surface area contributed by atoms with Gasteiger partial charge >= 0.3 is 12.0 Å². The summed E-state index contributed by atoms with van der Waals surface area (Å²) >= 11 is 0. The predicted molar refractivity (Wildman–Crippen MR) is 56.2 cm³/mol. The van der Waals surface area contributed by atoms with Gasteiger partial charge in [0.2, 0.25) is 0 Å². The van der Waals surface area contributed by atoms with E-state index in [-0.39, 0.29) is 11.9 Å². The summed E-state index contributed by atoms with van der Waals surface area (Å²) < 4.78 is 4.82. The number of carbonyl (C=O) groups excluding carboxylic acids is 2. The molecule has 0 aliphatic heterocycles. The average molecular weight is 215 g/mol. The van der Waals surface area contributed by atoms with Crippen molar-refractivity contribution in [2.75, 3.05) is 6.61 Å². The summed E-state index contributed by atoms with van der Waals surface area (Å²) in [6.45, 7) is 5.55. The van der Waals surface area contributed by atoms with Gasteiger partial charge in [0.05, 0.1) is 12.5 Å². The third-order valence-electron chi connectivity index (χ3n) is 1.65. The lowest BCUT2D eigenvalue weighted by Gasteiger charge is -2.09. The molecule has 0 aromatic rings. The van der Waals surface area contributed by atoms with E-state index in [2.05, 4.69) is 10.5 Å². The first-order chi connectivity index (χ1) is 6.97. The number of primary amides is 1. The summed E-state index contributed by atoms with van der Waals surface area (Å²) in [5.41, 5.74) is 7.55. The van der Waals surface area contributed by atoms with Gasteiger partial charge in [0.25, 0.3) is 0 Å². The second-order valence-electron chi connectivity index (χ2n) is 3.18. The van der Waals surface area contributed by atoms with Crippen LogP contribution in [0, 0.1) is 5.92 Å². The molecule has 0 aromatic heterocycles. The van der Waals surface area contributed by atoms with Gasteiger partial charge < -0.3 is 10.5 Å². The third kappa shape index (κ3) is 6.48. The zero-order valence-corrected chi connectivity index (χ0v) is 9.24. The average Bonchev–Trinajstić information content (AvgIpc) is 2.15. The zero-order valence-electron chi connectivity index (χ0n) is 9.24. The van der Waals surface area contributed by atoms with Crippen LogP contribution in [0.1, 0.15) is 27.2 Å². The molecule has 0 spiro atoms. The second-order valence-corrected chi connectivity index (χ2v) is 3.18. The Kier molecular flexibility index (Phi) is 6.08. The molecule has 15 heavy (non-hydrogen) atoms. The van der Waals surface area contributed by atoms with Crippen LogP contribution in [-0.2, 0) is 9.53 Å². The molecule has 0 aromatic carbocycles. The van der Waals surface area contributed by atoms with Crippen LogP contribution in [-0.4, -0.2) is 24.3 Å². The number of carbonyl (C=O) groups is 2. The molecular weight excluding hydrogens is 198 g/mol. The minimum atomic E-state index is -0.724. The Bertz CT molecular complexity index is 263. The summed E-state index contributed by atoms with van der Waals surface area (Å²) in [7, 11) is 0. The predicted octanol–water partition coefficient (Wildman–Crippen LogP) is 0.620. The highest BCUT2D eigenvalue weighted by Gasteiger charge is 2.14. The molecule has 0 aliphatic rings. The molecule has 0 unspecified atom stereocenters. The second kappa shape index (κ2) is 6.80. The molecule has 3 N–H and O–H groups in total. The Morgan fingerprint density at radius 2 is 2.13 bits per heavy atom. The van der Waals surface area contributed by atoms with Gasteiger partial charge in [-0.15, -0.1) is 0 Å². The van der Waals surface area contributed by atoms with Crippen LogP contribution < -0.4 is 11.2 Å². The zero-order chi connectivity index (χ0) is 11.8. The number of nitrogens with two attached hydrogens (primary N) is 1. The summed E-state index contributed by atoms with van der Waals surface area (Å²) in [4.78, 5) is 21.6.